The number of hydrogen-bond donors (Lipinski definition) is 1. The van der Waals surface area contributed by atoms with Crippen molar-refractivity contribution in [2.75, 3.05) is 42.3 Å². The van der Waals surface area contributed by atoms with Crippen LogP contribution in [0.25, 0.3) is 0 Å². The van der Waals surface area contributed by atoms with Gasteiger partial charge in [0.1, 0.15) is 0 Å². The molecule has 5 nitrogen and oxygen atoms in total. The predicted molar refractivity (Wildman–Crippen MR) is 112 cm³/mol. The molecule has 0 radical (unpaired) electrons. The number of para-hydroxylation sites is 2. The van der Waals surface area contributed by atoms with Crippen LogP contribution in [0.5, 0.6) is 0 Å². The first-order valence-corrected chi connectivity index (χ1v) is 11.2. The summed E-state index contributed by atoms with van der Waals surface area (Å²) in [5.74, 6) is 0. The van der Waals surface area contributed by atoms with Crippen LogP contribution in [0.4, 0.5) is 11.4 Å². The summed E-state index contributed by atoms with van der Waals surface area (Å²) in [7, 11) is -3.61. The van der Waals surface area contributed by atoms with Crippen LogP contribution in [0.1, 0.15) is 25.8 Å². The molecule has 1 heterocycles. The van der Waals surface area contributed by atoms with Crippen LogP contribution < -0.4 is 9.62 Å². The molecule has 2 aromatic rings. The number of rotatable bonds is 7. The van der Waals surface area contributed by atoms with Crippen LogP contribution in [-0.2, 0) is 16.4 Å². The second-order valence-corrected chi connectivity index (χ2v) is 8.62. The Labute approximate surface area is 163 Å². The minimum absolute atomic E-state index is 0.299. The van der Waals surface area contributed by atoms with Gasteiger partial charge in [-0.05, 0) is 42.8 Å². The van der Waals surface area contributed by atoms with E-state index in [1.165, 1.54) is 0 Å². The lowest BCUT2D eigenvalue weighted by Crippen LogP contribution is -2.46. The van der Waals surface area contributed by atoms with Crippen molar-refractivity contribution in [1.82, 2.24) is 4.90 Å². The summed E-state index contributed by atoms with van der Waals surface area (Å²) in [6, 6.07) is 14.8. The van der Waals surface area contributed by atoms with Crippen LogP contribution >= 0.6 is 0 Å². The summed E-state index contributed by atoms with van der Waals surface area (Å²) in [4.78, 5) is 4.96. The van der Waals surface area contributed by atoms with E-state index in [0.29, 0.717) is 10.6 Å². The predicted octanol–water partition coefficient (Wildman–Crippen LogP) is 3.58. The summed E-state index contributed by atoms with van der Waals surface area (Å²) in [5, 5.41) is 0. The third kappa shape index (κ3) is 4.82. The molecular weight excluding hydrogens is 358 g/mol. The van der Waals surface area contributed by atoms with Gasteiger partial charge in [-0.2, -0.15) is 0 Å². The van der Waals surface area contributed by atoms with Crippen LogP contribution in [0.3, 0.4) is 0 Å². The number of benzene rings is 2. The van der Waals surface area contributed by atoms with Crippen molar-refractivity contribution in [3.05, 3.63) is 54.1 Å². The highest BCUT2D eigenvalue weighted by atomic mass is 32.2. The molecule has 0 aliphatic carbocycles. The van der Waals surface area contributed by atoms with E-state index in [1.807, 2.05) is 36.4 Å². The third-order valence-electron chi connectivity index (χ3n) is 5.08. The molecule has 27 heavy (non-hydrogen) atoms. The summed E-state index contributed by atoms with van der Waals surface area (Å²) >= 11 is 0. The fraction of sp³-hybridized carbons (Fsp3) is 0.429. The molecule has 6 heteroatoms. The van der Waals surface area contributed by atoms with Crippen molar-refractivity contribution in [3.8, 4) is 0 Å². The number of hydrogen-bond acceptors (Lipinski definition) is 4. The van der Waals surface area contributed by atoms with Gasteiger partial charge in [0.05, 0.1) is 16.3 Å². The standard InChI is InChI=1S/C21H29N3O2S/c1-3-7-18-10-12-19(13-11-18)27(25,26)22-20-8-5-6-9-21(20)24-16-14-23(4-2)15-17-24/h5-6,8-13,22H,3-4,7,14-17H2,1-2H3. The van der Waals surface area contributed by atoms with Crippen LogP contribution in [-0.4, -0.2) is 46.0 Å². The first-order valence-electron chi connectivity index (χ1n) is 9.71. The molecule has 0 unspecified atom stereocenters. The van der Waals surface area contributed by atoms with Gasteiger partial charge < -0.3 is 9.80 Å². The Morgan fingerprint density at radius 1 is 0.926 bits per heavy atom. The van der Waals surface area contributed by atoms with Gasteiger partial charge in [-0.15, -0.1) is 0 Å². The molecule has 1 saturated heterocycles. The van der Waals surface area contributed by atoms with E-state index in [1.54, 1.807) is 12.1 Å². The SMILES string of the molecule is CCCc1ccc(S(=O)(=O)Nc2ccccc2N2CCN(CC)CC2)cc1. The summed E-state index contributed by atoms with van der Waals surface area (Å²) in [5.41, 5.74) is 2.74. The zero-order valence-electron chi connectivity index (χ0n) is 16.2. The molecule has 0 atom stereocenters. The lowest BCUT2D eigenvalue weighted by molar-refractivity contribution is 0.271. The molecule has 1 aliphatic heterocycles. The smallest absolute Gasteiger partial charge is 0.261 e. The molecule has 1 fully saturated rings. The largest absolute Gasteiger partial charge is 0.367 e. The Hall–Kier alpha value is -2.05. The molecule has 3 rings (SSSR count). The molecule has 0 amide bonds. The Bertz CT molecular complexity index is 842. The minimum atomic E-state index is -3.61. The lowest BCUT2D eigenvalue weighted by atomic mass is 10.1. The molecule has 2 aromatic carbocycles. The van der Waals surface area contributed by atoms with Crippen LogP contribution in [0.2, 0.25) is 0 Å². The van der Waals surface area contributed by atoms with Crippen molar-refractivity contribution in [2.24, 2.45) is 0 Å². The third-order valence-corrected chi connectivity index (χ3v) is 6.46. The fourth-order valence-corrected chi connectivity index (χ4v) is 4.54. The van der Waals surface area contributed by atoms with E-state index in [0.717, 1.165) is 56.8 Å². The molecule has 146 valence electrons. The van der Waals surface area contributed by atoms with Gasteiger partial charge in [-0.3, -0.25) is 4.72 Å². The Balaban J connectivity index is 1.79. The molecule has 0 bridgehead atoms. The van der Waals surface area contributed by atoms with Gasteiger partial charge in [-0.25, -0.2) is 8.42 Å². The summed E-state index contributed by atoms with van der Waals surface area (Å²) in [6.45, 7) is 9.13. The second kappa shape index (κ2) is 8.76. The monoisotopic (exact) mass is 387 g/mol. The van der Waals surface area contributed by atoms with Crippen molar-refractivity contribution in [2.45, 2.75) is 31.6 Å². The molecular formula is C21H29N3O2S. The fourth-order valence-electron chi connectivity index (χ4n) is 3.47. The number of aryl methyl sites for hydroxylation is 1. The number of nitrogens with one attached hydrogen (secondary N) is 1. The summed E-state index contributed by atoms with van der Waals surface area (Å²) < 4.78 is 28.5. The zero-order chi connectivity index (χ0) is 19.3. The number of likely N-dealkylation sites (N-methyl/N-ethyl adjacent to an activating group) is 1. The van der Waals surface area contributed by atoms with Gasteiger partial charge in [0.2, 0.25) is 0 Å². The van der Waals surface area contributed by atoms with Gasteiger partial charge >= 0.3 is 0 Å². The van der Waals surface area contributed by atoms with Crippen molar-refractivity contribution in [3.63, 3.8) is 0 Å². The van der Waals surface area contributed by atoms with Crippen molar-refractivity contribution >= 4 is 21.4 Å². The number of sulfonamides is 1. The highest BCUT2D eigenvalue weighted by Crippen LogP contribution is 2.29. The van der Waals surface area contributed by atoms with Gasteiger partial charge in [-0.1, -0.05) is 44.5 Å². The molecule has 1 aliphatic rings. The van der Waals surface area contributed by atoms with Gasteiger partial charge in [0, 0.05) is 26.2 Å². The van der Waals surface area contributed by atoms with E-state index >= 15 is 0 Å². The van der Waals surface area contributed by atoms with E-state index in [9.17, 15) is 8.42 Å². The van der Waals surface area contributed by atoms with Crippen LogP contribution in [0.15, 0.2) is 53.4 Å². The topological polar surface area (TPSA) is 52.7 Å². The second-order valence-electron chi connectivity index (χ2n) is 6.94. The maximum Gasteiger partial charge on any atom is 0.261 e. The van der Waals surface area contributed by atoms with E-state index < -0.39 is 10.0 Å². The Kier molecular flexibility index (Phi) is 6.39. The highest BCUT2D eigenvalue weighted by Gasteiger charge is 2.21. The number of nitrogens with zero attached hydrogens (tertiary/aromatic N) is 2. The highest BCUT2D eigenvalue weighted by molar-refractivity contribution is 7.92. The molecule has 0 saturated carbocycles. The molecule has 1 N–H and O–H groups in total. The maximum atomic E-state index is 12.9. The van der Waals surface area contributed by atoms with Crippen molar-refractivity contribution in [1.29, 1.82) is 0 Å². The Morgan fingerprint density at radius 3 is 2.22 bits per heavy atom. The van der Waals surface area contributed by atoms with E-state index in [-0.39, 0.29) is 0 Å². The van der Waals surface area contributed by atoms with Gasteiger partial charge in [0.15, 0.2) is 0 Å². The zero-order valence-corrected chi connectivity index (χ0v) is 17.0. The first-order chi connectivity index (χ1) is 13.0. The number of piperazine rings is 1. The molecule has 0 aromatic heterocycles. The van der Waals surface area contributed by atoms with Gasteiger partial charge in [0.25, 0.3) is 10.0 Å². The molecule has 0 spiro atoms. The lowest BCUT2D eigenvalue weighted by Gasteiger charge is -2.36. The minimum Gasteiger partial charge on any atom is -0.367 e. The number of anilines is 2. The Morgan fingerprint density at radius 2 is 1.59 bits per heavy atom. The summed E-state index contributed by atoms with van der Waals surface area (Å²) in [6.07, 6.45) is 2.00. The normalized spacial score (nSPS) is 15.7. The van der Waals surface area contributed by atoms with Crippen LogP contribution in [0, 0.1) is 0 Å². The van der Waals surface area contributed by atoms with E-state index in [2.05, 4.69) is 28.4 Å². The first kappa shape index (κ1) is 19.7. The maximum absolute atomic E-state index is 12.9. The van der Waals surface area contributed by atoms with E-state index in [4.69, 9.17) is 0 Å². The average molecular weight is 388 g/mol. The quantitative estimate of drug-likeness (QED) is 0.789. The average Bonchev–Trinajstić information content (AvgIpc) is 2.69. The van der Waals surface area contributed by atoms with Crippen molar-refractivity contribution < 1.29 is 8.42 Å².